The minimum atomic E-state index is -0.0858. The molecule has 0 saturated carbocycles. The number of ether oxygens (including phenoxy) is 1. The van der Waals surface area contributed by atoms with Gasteiger partial charge in [0.05, 0.1) is 19.0 Å². The minimum absolute atomic E-state index is 0.00889. The molecule has 0 radical (unpaired) electrons. The molecule has 1 amide bonds. The summed E-state index contributed by atoms with van der Waals surface area (Å²) in [5, 5.41) is 2.86. The molecule has 0 aliphatic carbocycles. The van der Waals surface area contributed by atoms with E-state index < -0.39 is 0 Å². The van der Waals surface area contributed by atoms with Crippen LogP contribution in [0.5, 0.6) is 5.88 Å². The fraction of sp³-hybridized carbons (Fsp3) is 0.250. The number of nitrogens with zero attached hydrogens (tertiary/aromatic N) is 1. The zero-order valence-corrected chi connectivity index (χ0v) is 12.9. The molecule has 0 aliphatic rings. The van der Waals surface area contributed by atoms with Crippen molar-refractivity contribution in [2.45, 2.75) is 11.8 Å². The molecule has 2 rings (SSSR count). The van der Waals surface area contributed by atoms with E-state index >= 15 is 0 Å². The maximum Gasteiger partial charge on any atom is 0.228 e. The molecule has 0 aliphatic heterocycles. The monoisotopic (exact) mass is 302 g/mol. The molecule has 5 heteroatoms. The second kappa shape index (κ2) is 7.69. The molecule has 21 heavy (non-hydrogen) atoms. The summed E-state index contributed by atoms with van der Waals surface area (Å²) in [6.45, 7) is 1.92. The zero-order chi connectivity index (χ0) is 15.1. The molecular formula is C16H18N2O2S. The van der Waals surface area contributed by atoms with Crippen LogP contribution in [0, 0.1) is 5.92 Å². The summed E-state index contributed by atoms with van der Waals surface area (Å²) < 4.78 is 4.98. The molecule has 0 bridgehead atoms. The van der Waals surface area contributed by atoms with Crippen LogP contribution >= 0.6 is 11.8 Å². The highest BCUT2D eigenvalue weighted by molar-refractivity contribution is 7.99. The maximum atomic E-state index is 12.1. The fourth-order valence-electron chi connectivity index (χ4n) is 1.65. The lowest BCUT2D eigenvalue weighted by atomic mass is 10.2. The van der Waals surface area contributed by atoms with E-state index in [1.165, 1.54) is 4.90 Å². The van der Waals surface area contributed by atoms with Gasteiger partial charge in [-0.1, -0.05) is 25.1 Å². The molecule has 110 valence electrons. The number of nitrogens with one attached hydrogen (secondary N) is 1. The lowest BCUT2D eigenvalue weighted by Crippen LogP contribution is -2.22. The van der Waals surface area contributed by atoms with Gasteiger partial charge >= 0.3 is 0 Å². The number of methoxy groups -OCH3 is 1. The van der Waals surface area contributed by atoms with Gasteiger partial charge in [0.25, 0.3) is 0 Å². The summed E-state index contributed by atoms with van der Waals surface area (Å²) in [7, 11) is 1.56. The molecule has 1 aromatic heterocycles. The number of benzene rings is 1. The smallest absolute Gasteiger partial charge is 0.228 e. The van der Waals surface area contributed by atoms with Gasteiger partial charge in [-0.05, 0) is 18.2 Å². The number of carbonyl (C=O) groups excluding carboxylic acids is 1. The van der Waals surface area contributed by atoms with Crippen LogP contribution in [0.25, 0.3) is 0 Å². The molecule has 1 atom stereocenters. The fourth-order valence-corrected chi connectivity index (χ4v) is 2.60. The Labute approximate surface area is 128 Å². The first-order chi connectivity index (χ1) is 10.2. The van der Waals surface area contributed by atoms with Crippen molar-refractivity contribution in [3.05, 3.63) is 48.7 Å². The third kappa shape index (κ3) is 4.79. The van der Waals surface area contributed by atoms with Gasteiger partial charge in [0.1, 0.15) is 0 Å². The Kier molecular flexibility index (Phi) is 5.63. The molecule has 0 saturated heterocycles. The number of aromatic nitrogens is 1. The quantitative estimate of drug-likeness (QED) is 0.830. The van der Waals surface area contributed by atoms with Gasteiger partial charge in [0.2, 0.25) is 11.8 Å². The van der Waals surface area contributed by atoms with Crippen LogP contribution in [0.15, 0.2) is 53.6 Å². The molecule has 1 heterocycles. The third-order valence-electron chi connectivity index (χ3n) is 2.90. The van der Waals surface area contributed by atoms with Crippen LogP contribution in [0.1, 0.15) is 6.92 Å². The van der Waals surface area contributed by atoms with E-state index in [1.807, 2.05) is 37.3 Å². The predicted octanol–water partition coefficient (Wildman–Crippen LogP) is 3.46. The van der Waals surface area contributed by atoms with Crippen molar-refractivity contribution in [3.63, 3.8) is 0 Å². The SMILES string of the molecule is COc1ccc(NC(=O)C(C)CSc2ccccc2)cn1. The van der Waals surface area contributed by atoms with E-state index in [1.54, 1.807) is 37.2 Å². The van der Waals surface area contributed by atoms with E-state index in [0.29, 0.717) is 11.6 Å². The van der Waals surface area contributed by atoms with Crippen molar-refractivity contribution in [1.29, 1.82) is 0 Å². The average Bonchev–Trinajstić information content (AvgIpc) is 2.54. The van der Waals surface area contributed by atoms with Crippen LogP contribution in [0.3, 0.4) is 0 Å². The summed E-state index contributed by atoms with van der Waals surface area (Å²) in [6.07, 6.45) is 1.59. The van der Waals surface area contributed by atoms with Gasteiger partial charge in [0, 0.05) is 22.6 Å². The Morgan fingerprint density at radius 2 is 2.05 bits per heavy atom. The number of carbonyl (C=O) groups is 1. The molecule has 1 N–H and O–H groups in total. The van der Waals surface area contributed by atoms with Gasteiger partial charge in [-0.15, -0.1) is 11.8 Å². The Bertz CT molecular complexity index is 573. The van der Waals surface area contributed by atoms with Gasteiger partial charge in [-0.25, -0.2) is 4.98 Å². The Balaban J connectivity index is 1.84. The normalized spacial score (nSPS) is 11.7. The highest BCUT2D eigenvalue weighted by Crippen LogP contribution is 2.21. The highest BCUT2D eigenvalue weighted by Gasteiger charge is 2.13. The second-order valence-electron chi connectivity index (χ2n) is 4.60. The molecular weight excluding hydrogens is 284 g/mol. The minimum Gasteiger partial charge on any atom is -0.481 e. The van der Waals surface area contributed by atoms with Crippen molar-refractivity contribution in [1.82, 2.24) is 4.98 Å². The van der Waals surface area contributed by atoms with Crippen molar-refractivity contribution in [3.8, 4) is 5.88 Å². The average molecular weight is 302 g/mol. The van der Waals surface area contributed by atoms with Gasteiger partial charge in [-0.2, -0.15) is 0 Å². The summed E-state index contributed by atoms with van der Waals surface area (Å²) in [4.78, 5) is 17.3. The highest BCUT2D eigenvalue weighted by atomic mass is 32.2. The van der Waals surface area contributed by atoms with Crippen molar-refractivity contribution < 1.29 is 9.53 Å². The van der Waals surface area contributed by atoms with Crippen molar-refractivity contribution >= 4 is 23.4 Å². The molecule has 1 unspecified atom stereocenters. The number of amides is 1. The van der Waals surface area contributed by atoms with E-state index in [0.717, 1.165) is 5.75 Å². The Morgan fingerprint density at radius 1 is 1.29 bits per heavy atom. The summed E-state index contributed by atoms with van der Waals surface area (Å²) in [5.74, 6) is 1.17. The van der Waals surface area contributed by atoms with Crippen LogP contribution in [-0.4, -0.2) is 23.8 Å². The number of hydrogen-bond donors (Lipinski definition) is 1. The zero-order valence-electron chi connectivity index (χ0n) is 12.1. The Morgan fingerprint density at radius 3 is 2.67 bits per heavy atom. The van der Waals surface area contributed by atoms with E-state index in [2.05, 4.69) is 10.3 Å². The van der Waals surface area contributed by atoms with Gasteiger partial charge < -0.3 is 10.1 Å². The number of anilines is 1. The summed E-state index contributed by atoms with van der Waals surface area (Å²) >= 11 is 1.68. The molecule has 2 aromatic rings. The second-order valence-corrected chi connectivity index (χ2v) is 5.70. The van der Waals surface area contributed by atoms with E-state index in [4.69, 9.17) is 4.74 Å². The van der Waals surface area contributed by atoms with Crippen molar-refractivity contribution in [2.24, 2.45) is 5.92 Å². The number of rotatable bonds is 6. The van der Waals surface area contributed by atoms with E-state index in [-0.39, 0.29) is 11.8 Å². The molecule has 0 fully saturated rings. The first-order valence-corrected chi connectivity index (χ1v) is 7.66. The lowest BCUT2D eigenvalue weighted by Gasteiger charge is -2.12. The molecule has 1 aromatic carbocycles. The largest absolute Gasteiger partial charge is 0.481 e. The number of hydrogen-bond acceptors (Lipinski definition) is 4. The summed E-state index contributed by atoms with van der Waals surface area (Å²) in [6, 6.07) is 13.6. The van der Waals surface area contributed by atoms with Crippen molar-refractivity contribution in [2.75, 3.05) is 18.2 Å². The lowest BCUT2D eigenvalue weighted by molar-refractivity contribution is -0.118. The number of pyridine rings is 1. The Hall–Kier alpha value is -2.01. The maximum absolute atomic E-state index is 12.1. The van der Waals surface area contributed by atoms with Crippen LogP contribution in [-0.2, 0) is 4.79 Å². The van der Waals surface area contributed by atoms with E-state index in [9.17, 15) is 4.79 Å². The number of thioether (sulfide) groups is 1. The van der Waals surface area contributed by atoms with Crippen LogP contribution in [0.2, 0.25) is 0 Å². The topological polar surface area (TPSA) is 51.2 Å². The molecule has 4 nitrogen and oxygen atoms in total. The molecule has 0 spiro atoms. The first kappa shape index (κ1) is 15.4. The van der Waals surface area contributed by atoms with Crippen LogP contribution in [0.4, 0.5) is 5.69 Å². The predicted molar refractivity (Wildman–Crippen MR) is 85.7 cm³/mol. The van der Waals surface area contributed by atoms with Gasteiger partial charge in [0.15, 0.2) is 0 Å². The van der Waals surface area contributed by atoms with Crippen LogP contribution < -0.4 is 10.1 Å². The first-order valence-electron chi connectivity index (χ1n) is 6.68. The standard InChI is InChI=1S/C16H18N2O2S/c1-12(11-21-14-6-4-3-5-7-14)16(19)18-13-8-9-15(20-2)17-10-13/h3-10,12H,11H2,1-2H3,(H,18,19). The summed E-state index contributed by atoms with van der Waals surface area (Å²) in [5.41, 5.74) is 0.678. The third-order valence-corrected chi connectivity index (χ3v) is 4.18. The van der Waals surface area contributed by atoms with Gasteiger partial charge in [-0.3, -0.25) is 4.79 Å².